The number of Topliss-reactive ketones (excluding diaryl/α,β-unsaturated/α-hetero) is 1. The molecule has 0 unspecified atom stereocenters. The van der Waals surface area contributed by atoms with Gasteiger partial charge in [0.25, 0.3) is 0 Å². The first-order valence-electron chi connectivity index (χ1n) is 12.6. The Balaban J connectivity index is 1.59. The minimum atomic E-state index is -0.430. The number of carbonyl (C=O) groups excluding carboxylic acids is 2. The third-order valence-electron chi connectivity index (χ3n) is 6.07. The van der Waals surface area contributed by atoms with Crippen molar-refractivity contribution in [2.45, 2.75) is 71.6 Å². The predicted octanol–water partition coefficient (Wildman–Crippen LogP) is 8.17. The zero-order valence-corrected chi connectivity index (χ0v) is 20.5. The first-order valence-corrected chi connectivity index (χ1v) is 12.6. The van der Waals surface area contributed by atoms with Gasteiger partial charge in [0.15, 0.2) is 5.78 Å². The second kappa shape index (κ2) is 13.5. The molecule has 0 radical (unpaired) electrons. The highest BCUT2D eigenvalue weighted by molar-refractivity contribution is 6.07. The van der Waals surface area contributed by atoms with Crippen molar-refractivity contribution < 1.29 is 19.1 Å². The molecule has 0 bridgehead atoms. The molecule has 0 saturated carbocycles. The monoisotopic (exact) mass is 460 g/mol. The fourth-order valence-corrected chi connectivity index (χ4v) is 4.07. The molecular formula is C30H36O4. The lowest BCUT2D eigenvalue weighted by Crippen LogP contribution is -2.10. The zero-order chi connectivity index (χ0) is 24.2. The average Bonchev–Trinajstić information content (AvgIpc) is 2.87. The smallest absolute Gasteiger partial charge is 0.344 e. The van der Waals surface area contributed by atoms with Crippen LogP contribution in [0.2, 0.25) is 0 Å². The lowest BCUT2D eigenvalue weighted by Gasteiger charge is -2.12. The number of unbranched alkanes of at least 4 members (excludes halogenated alkanes) is 7. The van der Waals surface area contributed by atoms with Crippen LogP contribution >= 0.6 is 0 Å². The summed E-state index contributed by atoms with van der Waals surface area (Å²) in [6.07, 6.45) is 10.5. The quantitative estimate of drug-likeness (QED) is 0.105. The van der Waals surface area contributed by atoms with Crippen LogP contribution in [0.5, 0.6) is 11.5 Å². The Morgan fingerprint density at radius 3 is 2.03 bits per heavy atom. The lowest BCUT2D eigenvalue weighted by molar-refractivity contribution is 0.0736. The highest BCUT2D eigenvalue weighted by Gasteiger charge is 2.15. The molecule has 34 heavy (non-hydrogen) atoms. The van der Waals surface area contributed by atoms with E-state index in [4.69, 9.17) is 9.47 Å². The van der Waals surface area contributed by atoms with Crippen LogP contribution in [0.25, 0.3) is 10.8 Å². The third kappa shape index (κ3) is 7.18. The van der Waals surface area contributed by atoms with Crippen LogP contribution in [0.1, 0.15) is 92.4 Å². The van der Waals surface area contributed by atoms with Gasteiger partial charge in [-0.2, -0.15) is 0 Å². The summed E-state index contributed by atoms with van der Waals surface area (Å²) in [5.41, 5.74) is 1.11. The predicted molar refractivity (Wildman–Crippen MR) is 138 cm³/mol. The molecule has 0 spiro atoms. The number of esters is 1. The van der Waals surface area contributed by atoms with Crippen LogP contribution in [-0.4, -0.2) is 18.4 Å². The van der Waals surface area contributed by atoms with E-state index in [0.717, 1.165) is 22.9 Å². The standard InChI is InChI=1S/C30H36O4/c1-3-5-6-7-8-9-10-13-22-33-29-21-20-27(25-14-11-12-15-26(25)29)30(32)34-24-18-16-23(17-19-24)28(31)4-2/h11-12,14-21H,3-10,13,22H2,1-2H3. The highest BCUT2D eigenvalue weighted by atomic mass is 16.5. The Bertz CT molecular complexity index is 1070. The van der Waals surface area contributed by atoms with E-state index in [-0.39, 0.29) is 5.78 Å². The summed E-state index contributed by atoms with van der Waals surface area (Å²) >= 11 is 0. The molecule has 0 heterocycles. The van der Waals surface area contributed by atoms with Crippen molar-refractivity contribution in [3.8, 4) is 11.5 Å². The van der Waals surface area contributed by atoms with E-state index >= 15 is 0 Å². The van der Waals surface area contributed by atoms with Crippen molar-refractivity contribution in [2.24, 2.45) is 0 Å². The zero-order valence-electron chi connectivity index (χ0n) is 20.5. The number of hydrogen-bond donors (Lipinski definition) is 0. The van der Waals surface area contributed by atoms with Gasteiger partial charge in [0, 0.05) is 17.4 Å². The second-order valence-corrected chi connectivity index (χ2v) is 8.67. The number of fused-ring (bicyclic) bond motifs is 1. The van der Waals surface area contributed by atoms with Crippen LogP contribution in [0.4, 0.5) is 0 Å². The topological polar surface area (TPSA) is 52.6 Å². The molecule has 3 aromatic rings. The number of carbonyl (C=O) groups is 2. The van der Waals surface area contributed by atoms with E-state index in [0.29, 0.717) is 29.9 Å². The molecule has 0 N–H and O–H groups in total. The van der Waals surface area contributed by atoms with Gasteiger partial charge in [0.1, 0.15) is 11.5 Å². The van der Waals surface area contributed by atoms with Crippen molar-refractivity contribution in [1.82, 2.24) is 0 Å². The third-order valence-corrected chi connectivity index (χ3v) is 6.07. The van der Waals surface area contributed by atoms with Crippen molar-refractivity contribution in [3.63, 3.8) is 0 Å². The molecule has 4 heteroatoms. The van der Waals surface area contributed by atoms with Gasteiger partial charge in [-0.25, -0.2) is 4.79 Å². The molecule has 4 nitrogen and oxygen atoms in total. The van der Waals surface area contributed by atoms with Gasteiger partial charge in [-0.1, -0.05) is 83.1 Å². The van der Waals surface area contributed by atoms with Crippen molar-refractivity contribution in [3.05, 3.63) is 71.8 Å². The minimum Gasteiger partial charge on any atom is -0.493 e. The number of hydrogen-bond acceptors (Lipinski definition) is 4. The maximum atomic E-state index is 12.9. The van der Waals surface area contributed by atoms with Crippen LogP contribution in [0.15, 0.2) is 60.7 Å². The molecule has 3 rings (SSSR count). The molecule has 0 amide bonds. The number of rotatable bonds is 14. The van der Waals surface area contributed by atoms with E-state index < -0.39 is 5.97 Å². The summed E-state index contributed by atoms with van der Waals surface area (Å²) in [6, 6.07) is 18.1. The normalized spacial score (nSPS) is 10.9. The van der Waals surface area contributed by atoms with Crippen molar-refractivity contribution >= 4 is 22.5 Å². The van der Waals surface area contributed by atoms with Gasteiger partial charge in [-0.3, -0.25) is 4.79 Å². The van der Waals surface area contributed by atoms with Gasteiger partial charge in [-0.15, -0.1) is 0 Å². The fourth-order valence-electron chi connectivity index (χ4n) is 4.07. The van der Waals surface area contributed by atoms with Gasteiger partial charge in [-0.05, 0) is 48.2 Å². The van der Waals surface area contributed by atoms with E-state index in [1.807, 2.05) is 37.3 Å². The van der Waals surface area contributed by atoms with Crippen LogP contribution in [0, 0.1) is 0 Å². The van der Waals surface area contributed by atoms with Crippen LogP contribution in [-0.2, 0) is 0 Å². The van der Waals surface area contributed by atoms with E-state index in [1.54, 1.807) is 30.3 Å². The second-order valence-electron chi connectivity index (χ2n) is 8.67. The molecule has 0 aliphatic carbocycles. The molecule has 0 fully saturated rings. The molecule has 0 aliphatic rings. The number of ketones is 1. The SMILES string of the molecule is CCCCCCCCCCOc1ccc(C(=O)Oc2ccc(C(=O)CC)cc2)c2ccccc12. The number of benzene rings is 3. The average molecular weight is 461 g/mol. The molecule has 0 saturated heterocycles. The Morgan fingerprint density at radius 2 is 1.35 bits per heavy atom. The summed E-state index contributed by atoms with van der Waals surface area (Å²) < 4.78 is 11.7. The molecule has 0 atom stereocenters. The van der Waals surface area contributed by atoms with Gasteiger partial charge < -0.3 is 9.47 Å². The maximum Gasteiger partial charge on any atom is 0.344 e. The van der Waals surface area contributed by atoms with E-state index in [9.17, 15) is 9.59 Å². The van der Waals surface area contributed by atoms with Gasteiger partial charge in [0.05, 0.1) is 12.2 Å². The first kappa shape index (κ1) is 25.5. The van der Waals surface area contributed by atoms with Gasteiger partial charge in [0.2, 0.25) is 0 Å². The van der Waals surface area contributed by atoms with Crippen molar-refractivity contribution in [2.75, 3.05) is 6.61 Å². The summed E-state index contributed by atoms with van der Waals surface area (Å²) in [4.78, 5) is 24.7. The molecular weight excluding hydrogens is 424 g/mol. The van der Waals surface area contributed by atoms with E-state index in [1.165, 1.54) is 44.9 Å². The maximum absolute atomic E-state index is 12.9. The number of ether oxygens (including phenoxy) is 2. The summed E-state index contributed by atoms with van der Waals surface area (Å²) in [6.45, 7) is 4.74. The Labute approximate surface area is 203 Å². The molecule has 180 valence electrons. The Kier molecular flexibility index (Phi) is 10.1. The van der Waals surface area contributed by atoms with E-state index in [2.05, 4.69) is 6.92 Å². The fraction of sp³-hybridized carbons (Fsp3) is 0.400. The summed E-state index contributed by atoms with van der Waals surface area (Å²) in [5, 5.41) is 1.71. The molecule has 3 aromatic carbocycles. The Hall–Kier alpha value is -3.14. The largest absolute Gasteiger partial charge is 0.493 e. The molecule has 0 aliphatic heterocycles. The molecule has 0 aromatic heterocycles. The Morgan fingerprint density at radius 1 is 0.706 bits per heavy atom. The van der Waals surface area contributed by atoms with Gasteiger partial charge >= 0.3 is 5.97 Å². The van der Waals surface area contributed by atoms with Crippen LogP contribution < -0.4 is 9.47 Å². The van der Waals surface area contributed by atoms with Crippen molar-refractivity contribution in [1.29, 1.82) is 0 Å². The van der Waals surface area contributed by atoms with Crippen LogP contribution in [0.3, 0.4) is 0 Å². The summed E-state index contributed by atoms with van der Waals surface area (Å²) in [5.74, 6) is 0.834. The lowest BCUT2D eigenvalue weighted by atomic mass is 10.0. The summed E-state index contributed by atoms with van der Waals surface area (Å²) in [7, 11) is 0. The highest BCUT2D eigenvalue weighted by Crippen LogP contribution is 2.30. The minimum absolute atomic E-state index is 0.0615. The first-order chi connectivity index (χ1) is 16.6.